The fourth-order valence-corrected chi connectivity index (χ4v) is 4.22. The third kappa shape index (κ3) is 11.1. The lowest BCUT2D eigenvalue weighted by molar-refractivity contribution is -0.159. The number of pyridine rings is 1. The number of hydrogen-bond acceptors (Lipinski definition) is 6. The molecule has 2 heterocycles. The fourth-order valence-electron chi connectivity index (χ4n) is 3.39. The van der Waals surface area contributed by atoms with Crippen molar-refractivity contribution in [2.45, 2.75) is 63.0 Å². The first-order valence-electron chi connectivity index (χ1n) is 12.0. The van der Waals surface area contributed by atoms with Gasteiger partial charge in [0, 0.05) is 28.8 Å². The molecule has 0 spiro atoms. The average molecular weight is 529 g/mol. The van der Waals surface area contributed by atoms with Gasteiger partial charge in [0.2, 0.25) is 0 Å². The highest BCUT2D eigenvalue weighted by Crippen LogP contribution is 2.27. The first kappa shape index (κ1) is 29.8. The summed E-state index contributed by atoms with van der Waals surface area (Å²) in [5.74, 6) is 1.23. The Bertz CT molecular complexity index is 914. The number of carbonyl (C=O) groups is 1. The summed E-state index contributed by atoms with van der Waals surface area (Å²) >= 11 is 1.86. The summed E-state index contributed by atoms with van der Waals surface area (Å²) in [5, 5.41) is 7.85. The van der Waals surface area contributed by atoms with Crippen molar-refractivity contribution in [3.63, 3.8) is 0 Å². The zero-order valence-electron chi connectivity index (χ0n) is 21.1. The molecule has 1 fully saturated rings. The van der Waals surface area contributed by atoms with Crippen LogP contribution in [0.15, 0.2) is 47.5 Å². The molecular weight excluding hydrogens is 493 g/mol. The second kappa shape index (κ2) is 14.3. The number of rotatable bonds is 7. The molecule has 1 aromatic carbocycles. The van der Waals surface area contributed by atoms with E-state index in [1.54, 1.807) is 11.1 Å². The van der Waals surface area contributed by atoms with E-state index in [1.807, 2.05) is 37.7 Å². The van der Waals surface area contributed by atoms with E-state index in [2.05, 4.69) is 43.1 Å². The standard InChI is InChI=1S/C24H32N2O3S.C2H3F3O/c1-17(2)29-24(27)26-13-11-19(12-14-26)16-28-21-7-10-23(25-15-21)20-5-8-22(9-6-20)30-18(3)4;3-2(4,5)1-6/h5-10,15,17-19H,11-14,16H2,1-4H3;6H,1H2. The smallest absolute Gasteiger partial charge is 0.411 e. The minimum absolute atomic E-state index is 0.0779. The number of halogens is 3. The predicted molar refractivity (Wildman–Crippen MR) is 135 cm³/mol. The number of amides is 1. The van der Waals surface area contributed by atoms with Gasteiger partial charge in [0.05, 0.1) is 24.6 Å². The highest BCUT2D eigenvalue weighted by Gasteiger charge is 2.25. The van der Waals surface area contributed by atoms with Gasteiger partial charge < -0.3 is 19.5 Å². The van der Waals surface area contributed by atoms with E-state index in [1.165, 1.54) is 4.90 Å². The van der Waals surface area contributed by atoms with E-state index >= 15 is 0 Å². The lowest BCUT2D eigenvalue weighted by atomic mass is 9.98. The number of carbonyl (C=O) groups excluding carboxylic acids is 1. The predicted octanol–water partition coefficient (Wildman–Crippen LogP) is 6.43. The zero-order chi connectivity index (χ0) is 26.7. The number of aliphatic hydroxyl groups is 1. The summed E-state index contributed by atoms with van der Waals surface area (Å²) in [6.45, 7) is 8.51. The normalized spacial score (nSPS) is 14.4. The highest BCUT2D eigenvalue weighted by atomic mass is 32.2. The molecule has 200 valence electrons. The van der Waals surface area contributed by atoms with Crippen molar-refractivity contribution in [1.82, 2.24) is 9.88 Å². The molecule has 1 aromatic heterocycles. The molecule has 1 N–H and O–H groups in total. The van der Waals surface area contributed by atoms with Crippen LogP contribution in [0.5, 0.6) is 5.75 Å². The van der Waals surface area contributed by atoms with Crippen molar-refractivity contribution >= 4 is 17.9 Å². The zero-order valence-corrected chi connectivity index (χ0v) is 21.9. The van der Waals surface area contributed by atoms with E-state index in [0.29, 0.717) is 17.8 Å². The number of ether oxygens (including phenoxy) is 2. The Morgan fingerprint density at radius 1 is 1.11 bits per heavy atom. The first-order chi connectivity index (χ1) is 17.0. The number of thioether (sulfide) groups is 1. The quantitative estimate of drug-likeness (QED) is 0.418. The molecule has 0 bridgehead atoms. The van der Waals surface area contributed by atoms with Gasteiger partial charge in [-0.2, -0.15) is 13.2 Å². The van der Waals surface area contributed by atoms with Gasteiger partial charge in [0.15, 0.2) is 0 Å². The molecule has 36 heavy (non-hydrogen) atoms. The van der Waals surface area contributed by atoms with Gasteiger partial charge >= 0.3 is 12.3 Å². The number of likely N-dealkylation sites (tertiary alicyclic amines) is 1. The van der Waals surface area contributed by atoms with Crippen LogP contribution in [0.2, 0.25) is 0 Å². The molecule has 0 saturated carbocycles. The van der Waals surface area contributed by atoms with Crippen LogP contribution in [-0.4, -0.2) is 64.9 Å². The van der Waals surface area contributed by atoms with Crippen LogP contribution in [0.4, 0.5) is 18.0 Å². The summed E-state index contributed by atoms with van der Waals surface area (Å²) in [4.78, 5) is 19.6. The lowest BCUT2D eigenvalue weighted by Crippen LogP contribution is -2.40. The van der Waals surface area contributed by atoms with Crippen LogP contribution in [0, 0.1) is 5.92 Å². The average Bonchev–Trinajstić information content (AvgIpc) is 2.83. The van der Waals surface area contributed by atoms with Crippen molar-refractivity contribution in [3.05, 3.63) is 42.6 Å². The molecule has 2 aromatic rings. The van der Waals surface area contributed by atoms with E-state index < -0.39 is 12.8 Å². The van der Waals surface area contributed by atoms with Crippen LogP contribution in [0.3, 0.4) is 0 Å². The SMILES string of the molecule is CC(C)OC(=O)N1CCC(COc2ccc(-c3ccc(SC(C)C)cc3)nc2)CC1.OCC(F)(F)F. The summed E-state index contributed by atoms with van der Waals surface area (Å²) < 4.78 is 42.8. The van der Waals surface area contributed by atoms with Gasteiger partial charge in [-0.3, -0.25) is 4.98 Å². The van der Waals surface area contributed by atoms with E-state index in [0.717, 1.165) is 42.9 Å². The van der Waals surface area contributed by atoms with Crippen molar-refractivity contribution in [1.29, 1.82) is 0 Å². The molecule has 0 unspecified atom stereocenters. The summed E-state index contributed by atoms with van der Waals surface area (Å²) in [7, 11) is 0. The minimum Gasteiger partial charge on any atom is -0.492 e. The summed E-state index contributed by atoms with van der Waals surface area (Å²) in [6, 6.07) is 12.5. The Kier molecular flexibility index (Phi) is 11.8. The Labute approximate surface area is 215 Å². The van der Waals surface area contributed by atoms with Gasteiger partial charge in [0.1, 0.15) is 12.4 Å². The van der Waals surface area contributed by atoms with E-state index in [4.69, 9.17) is 14.6 Å². The molecule has 0 atom stereocenters. The molecule has 0 aliphatic carbocycles. The molecule has 6 nitrogen and oxygen atoms in total. The highest BCUT2D eigenvalue weighted by molar-refractivity contribution is 7.99. The third-order valence-electron chi connectivity index (χ3n) is 5.13. The fraction of sp³-hybridized carbons (Fsp3) is 0.538. The summed E-state index contributed by atoms with van der Waals surface area (Å²) in [5.41, 5.74) is 2.05. The van der Waals surface area contributed by atoms with Crippen molar-refractivity contribution in [2.24, 2.45) is 5.92 Å². The number of aromatic nitrogens is 1. The molecule has 1 amide bonds. The number of aliphatic hydroxyl groups excluding tert-OH is 1. The largest absolute Gasteiger partial charge is 0.492 e. The van der Waals surface area contributed by atoms with Gasteiger partial charge in [0.25, 0.3) is 0 Å². The van der Waals surface area contributed by atoms with Gasteiger partial charge in [-0.25, -0.2) is 4.79 Å². The second-order valence-electron chi connectivity index (χ2n) is 9.02. The number of hydrogen-bond donors (Lipinski definition) is 1. The molecule has 10 heteroatoms. The Morgan fingerprint density at radius 2 is 1.72 bits per heavy atom. The summed E-state index contributed by atoms with van der Waals surface area (Å²) in [6.07, 6.45) is -1.04. The maximum atomic E-state index is 12.0. The second-order valence-corrected chi connectivity index (χ2v) is 10.7. The Balaban J connectivity index is 0.000000678. The Hall–Kier alpha value is -2.46. The number of alkyl halides is 3. The van der Waals surface area contributed by atoms with Crippen LogP contribution in [0.1, 0.15) is 40.5 Å². The van der Waals surface area contributed by atoms with Crippen LogP contribution < -0.4 is 4.74 Å². The topological polar surface area (TPSA) is 71.9 Å². The van der Waals surface area contributed by atoms with Crippen LogP contribution in [-0.2, 0) is 4.74 Å². The van der Waals surface area contributed by atoms with E-state index in [9.17, 15) is 18.0 Å². The van der Waals surface area contributed by atoms with Crippen molar-refractivity contribution in [2.75, 3.05) is 26.3 Å². The molecule has 1 aliphatic heterocycles. The molecular formula is C26H35F3N2O4S. The molecule has 1 aliphatic rings. The monoisotopic (exact) mass is 528 g/mol. The van der Waals surface area contributed by atoms with Gasteiger partial charge in [-0.05, 0) is 56.9 Å². The van der Waals surface area contributed by atoms with Crippen molar-refractivity contribution in [3.8, 4) is 17.0 Å². The van der Waals surface area contributed by atoms with Crippen molar-refractivity contribution < 1.29 is 32.5 Å². The number of piperidine rings is 1. The number of nitrogens with zero attached hydrogens (tertiary/aromatic N) is 2. The maximum Gasteiger partial charge on any atom is 0.411 e. The molecule has 1 saturated heterocycles. The Morgan fingerprint density at radius 3 is 2.19 bits per heavy atom. The van der Waals surface area contributed by atoms with Gasteiger partial charge in [-0.1, -0.05) is 26.0 Å². The number of benzene rings is 1. The third-order valence-corrected chi connectivity index (χ3v) is 6.15. The molecule has 0 radical (unpaired) electrons. The van der Waals surface area contributed by atoms with Gasteiger partial charge in [-0.15, -0.1) is 11.8 Å². The minimum atomic E-state index is -4.40. The lowest BCUT2D eigenvalue weighted by Gasteiger charge is -2.31. The first-order valence-corrected chi connectivity index (χ1v) is 12.8. The van der Waals surface area contributed by atoms with E-state index in [-0.39, 0.29) is 12.2 Å². The molecule has 3 rings (SSSR count). The van der Waals surface area contributed by atoms with Crippen LogP contribution in [0.25, 0.3) is 11.3 Å². The maximum absolute atomic E-state index is 12.0. The van der Waals surface area contributed by atoms with Crippen LogP contribution >= 0.6 is 11.8 Å².